The van der Waals surface area contributed by atoms with Gasteiger partial charge in [0, 0.05) is 23.4 Å². The molecule has 0 unspecified atom stereocenters. The molecule has 4 aromatic rings. The van der Waals surface area contributed by atoms with E-state index in [0.717, 1.165) is 37.7 Å². The van der Waals surface area contributed by atoms with Gasteiger partial charge in [0.2, 0.25) is 5.82 Å². The van der Waals surface area contributed by atoms with Gasteiger partial charge in [-0.25, -0.2) is 0 Å². The summed E-state index contributed by atoms with van der Waals surface area (Å²) in [6, 6.07) is 16.7. The van der Waals surface area contributed by atoms with Crippen LogP contribution < -0.4 is 19.7 Å². The zero-order valence-electron chi connectivity index (χ0n) is 22.5. The minimum Gasteiger partial charge on any atom is -0.493 e. The van der Waals surface area contributed by atoms with Gasteiger partial charge in [0.05, 0.1) is 20.5 Å². The molecule has 2 aromatic heterocycles. The molecule has 2 amide bonds. The highest BCUT2D eigenvalue weighted by Gasteiger charge is 2.36. The highest BCUT2D eigenvalue weighted by atomic mass is 16.5. The molecular weight excluding hydrogens is 512 g/mol. The molecule has 0 saturated heterocycles. The predicted octanol–water partition coefficient (Wildman–Crippen LogP) is 4.17. The molecule has 1 N–H and O–H groups in total. The number of carbonyl (C=O) groups excluding carboxylic acids is 2. The number of furan rings is 1. The quantitative estimate of drug-likeness (QED) is 0.315. The fraction of sp³-hybridized carbons (Fsp3) is 0.345. The Hall–Kier alpha value is -4.67. The van der Waals surface area contributed by atoms with Crippen molar-refractivity contribution in [1.82, 2.24) is 25.5 Å². The number of benzene rings is 2. The summed E-state index contributed by atoms with van der Waals surface area (Å²) in [5.74, 6) is 0.849. The van der Waals surface area contributed by atoms with E-state index in [1.807, 2.05) is 30.3 Å². The van der Waals surface area contributed by atoms with Crippen LogP contribution in [0.4, 0.5) is 5.69 Å². The van der Waals surface area contributed by atoms with Gasteiger partial charge in [-0.15, -0.1) is 10.2 Å². The first-order valence-electron chi connectivity index (χ1n) is 13.3. The van der Waals surface area contributed by atoms with Crippen LogP contribution in [-0.4, -0.2) is 52.3 Å². The van der Waals surface area contributed by atoms with Crippen molar-refractivity contribution < 1.29 is 23.5 Å². The molecule has 0 aliphatic heterocycles. The molecule has 1 aliphatic carbocycles. The maximum atomic E-state index is 14.0. The van der Waals surface area contributed by atoms with Gasteiger partial charge in [0.15, 0.2) is 17.5 Å². The molecule has 0 spiro atoms. The van der Waals surface area contributed by atoms with Gasteiger partial charge >= 0.3 is 0 Å². The fourth-order valence-electron chi connectivity index (χ4n) is 4.97. The number of nitrogens with zero attached hydrogens (tertiary/aromatic N) is 5. The van der Waals surface area contributed by atoms with Gasteiger partial charge in [-0.1, -0.05) is 49.6 Å². The minimum atomic E-state index is -1.08. The van der Waals surface area contributed by atoms with Crippen LogP contribution in [0.2, 0.25) is 0 Å². The number of carbonyl (C=O) groups is 2. The Balaban J connectivity index is 1.51. The van der Waals surface area contributed by atoms with Crippen molar-refractivity contribution in [2.24, 2.45) is 0 Å². The molecule has 5 rings (SSSR count). The lowest BCUT2D eigenvalue weighted by atomic mass is 9.95. The van der Waals surface area contributed by atoms with E-state index in [-0.39, 0.29) is 18.5 Å². The molecular formula is C29H32N6O5. The van der Waals surface area contributed by atoms with E-state index in [1.165, 1.54) is 30.2 Å². The second kappa shape index (κ2) is 12.5. The molecule has 11 heteroatoms. The number of amides is 2. The summed E-state index contributed by atoms with van der Waals surface area (Å²) in [7, 11) is 3.04. The van der Waals surface area contributed by atoms with Crippen molar-refractivity contribution >= 4 is 17.5 Å². The molecule has 1 atom stereocenters. The highest BCUT2D eigenvalue weighted by Crippen LogP contribution is 2.36. The first kappa shape index (κ1) is 26.9. The van der Waals surface area contributed by atoms with Gasteiger partial charge in [-0.2, -0.15) is 4.80 Å². The third kappa shape index (κ3) is 5.98. The SMILES string of the molecule is COc1ccc(N(C(=O)Cn2nnc(-c3ccccc3)n2)[C@@H](C(=O)NC2CCCCC2)c2ccco2)cc1OC. The number of aromatic nitrogens is 4. The number of nitrogens with one attached hydrogen (secondary N) is 1. The Morgan fingerprint density at radius 1 is 1.02 bits per heavy atom. The summed E-state index contributed by atoms with van der Waals surface area (Å²) in [6.45, 7) is -0.262. The largest absolute Gasteiger partial charge is 0.493 e. The van der Waals surface area contributed by atoms with Gasteiger partial charge < -0.3 is 19.2 Å². The molecule has 208 valence electrons. The summed E-state index contributed by atoms with van der Waals surface area (Å²) in [5.41, 5.74) is 1.20. The maximum Gasteiger partial charge on any atom is 0.251 e. The van der Waals surface area contributed by atoms with Crippen molar-refractivity contribution in [3.8, 4) is 22.9 Å². The van der Waals surface area contributed by atoms with Crippen molar-refractivity contribution in [2.75, 3.05) is 19.1 Å². The number of ether oxygens (including phenoxy) is 2. The van der Waals surface area contributed by atoms with Gasteiger partial charge in [-0.3, -0.25) is 14.5 Å². The first-order valence-corrected chi connectivity index (χ1v) is 13.3. The van der Waals surface area contributed by atoms with Crippen LogP contribution in [0.3, 0.4) is 0 Å². The molecule has 0 radical (unpaired) electrons. The van der Waals surface area contributed by atoms with Crippen molar-refractivity contribution in [1.29, 1.82) is 0 Å². The maximum absolute atomic E-state index is 14.0. The van der Waals surface area contributed by atoms with E-state index in [1.54, 1.807) is 30.3 Å². The molecule has 1 saturated carbocycles. The Kier molecular flexibility index (Phi) is 8.38. The number of tetrazole rings is 1. The lowest BCUT2D eigenvalue weighted by Crippen LogP contribution is -2.48. The number of rotatable bonds is 10. The monoisotopic (exact) mass is 544 g/mol. The lowest BCUT2D eigenvalue weighted by Gasteiger charge is -2.32. The summed E-state index contributed by atoms with van der Waals surface area (Å²) in [5, 5.41) is 15.7. The standard InChI is InChI=1S/C29H32N6O5/c1-38-23-16-15-22(18-25(23)39-2)35(26(36)19-34-32-28(31-33-34)20-10-5-3-6-11-20)27(24-14-9-17-40-24)29(37)30-21-12-7-4-8-13-21/h3,5-6,9-11,14-18,21,27H,4,7-8,12-13,19H2,1-2H3,(H,30,37)/t27-/m1/s1. The molecule has 40 heavy (non-hydrogen) atoms. The van der Waals surface area contributed by atoms with Gasteiger partial charge in [0.1, 0.15) is 12.3 Å². The summed E-state index contributed by atoms with van der Waals surface area (Å²) in [4.78, 5) is 30.5. The Bertz CT molecular complexity index is 1420. The Labute approximate surface area is 232 Å². The molecule has 2 aromatic carbocycles. The van der Waals surface area contributed by atoms with Crippen molar-refractivity contribution in [3.63, 3.8) is 0 Å². The van der Waals surface area contributed by atoms with E-state index >= 15 is 0 Å². The molecule has 1 fully saturated rings. The van der Waals surface area contributed by atoms with Crippen LogP contribution in [0.1, 0.15) is 43.9 Å². The topological polar surface area (TPSA) is 125 Å². The van der Waals surface area contributed by atoms with Gasteiger partial charge in [-0.05, 0) is 42.3 Å². The van der Waals surface area contributed by atoms with Crippen LogP contribution in [0.15, 0.2) is 71.3 Å². The lowest BCUT2D eigenvalue weighted by molar-refractivity contribution is -0.128. The number of methoxy groups -OCH3 is 2. The second-order valence-corrected chi connectivity index (χ2v) is 9.57. The predicted molar refractivity (Wildman–Crippen MR) is 147 cm³/mol. The van der Waals surface area contributed by atoms with Crippen LogP contribution in [-0.2, 0) is 16.1 Å². The Morgan fingerprint density at radius 2 is 1.80 bits per heavy atom. The normalized spacial score (nSPS) is 14.3. The zero-order chi connectivity index (χ0) is 27.9. The Morgan fingerprint density at radius 3 is 2.50 bits per heavy atom. The van der Waals surface area contributed by atoms with E-state index < -0.39 is 11.9 Å². The van der Waals surface area contributed by atoms with E-state index in [2.05, 4.69) is 20.7 Å². The zero-order valence-corrected chi connectivity index (χ0v) is 22.5. The second-order valence-electron chi connectivity index (χ2n) is 9.57. The van der Waals surface area contributed by atoms with Gasteiger partial charge in [0.25, 0.3) is 11.8 Å². The number of hydrogen-bond acceptors (Lipinski definition) is 8. The molecule has 11 nitrogen and oxygen atoms in total. The molecule has 1 aliphatic rings. The average Bonchev–Trinajstić information content (AvgIpc) is 3.69. The summed E-state index contributed by atoms with van der Waals surface area (Å²) in [6.07, 6.45) is 6.53. The van der Waals surface area contributed by atoms with Crippen molar-refractivity contribution in [3.05, 3.63) is 72.7 Å². The third-order valence-corrected chi connectivity index (χ3v) is 6.95. The number of anilines is 1. The van der Waals surface area contributed by atoms with E-state index in [4.69, 9.17) is 13.9 Å². The van der Waals surface area contributed by atoms with Crippen LogP contribution in [0.5, 0.6) is 11.5 Å². The molecule has 0 bridgehead atoms. The summed E-state index contributed by atoms with van der Waals surface area (Å²) >= 11 is 0. The summed E-state index contributed by atoms with van der Waals surface area (Å²) < 4.78 is 16.6. The highest BCUT2D eigenvalue weighted by molar-refractivity contribution is 6.01. The fourth-order valence-corrected chi connectivity index (χ4v) is 4.97. The third-order valence-electron chi connectivity index (χ3n) is 6.95. The van der Waals surface area contributed by atoms with Crippen LogP contribution in [0.25, 0.3) is 11.4 Å². The smallest absolute Gasteiger partial charge is 0.251 e. The van der Waals surface area contributed by atoms with Crippen LogP contribution in [0, 0.1) is 0 Å². The van der Waals surface area contributed by atoms with Crippen molar-refractivity contribution in [2.45, 2.75) is 50.7 Å². The number of hydrogen-bond donors (Lipinski definition) is 1. The molecule has 2 heterocycles. The first-order chi connectivity index (χ1) is 19.6. The van der Waals surface area contributed by atoms with E-state index in [0.29, 0.717) is 28.8 Å². The minimum absolute atomic E-state index is 0.0338. The van der Waals surface area contributed by atoms with E-state index in [9.17, 15) is 9.59 Å². The average molecular weight is 545 g/mol. The van der Waals surface area contributed by atoms with Crippen LogP contribution >= 0.6 is 0 Å².